The standard InChI is InChI=1S/C19H35N5O3/c1-9-19(10-2,24-17(25)27-18(5,6)7)12-22-16(20-8)21-11-15-23-13(3)14(4)26-15/h9-12H2,1-8H3,(H,24,25)(H2,20,21,22). The molecule has 154 valence electrons. The zero-order valence-corrected chi connectivity index (χ0v) is 17.9. The van der Waals surface area contributed by atoms with E-state index in [-0.39, 0.29) is 0 Å². The van der Waals surface area contributed by atoms with E-state index in [0.29, 0.717) is 24.9 Å². The van der Waals surface area contributed by atoms with Crippen molar-refractivity contribution in [2.75, 3.05) is 13.6 Å². The highest BCUT2D eigenvalue weighted by atomic mass is 16.6. The summed E-state index contributed by atoms with van der Waals surface area (Å²) in [5.41, 5.74) is -0.0858. The van der Waals surface area contributed by atoms with Crippen LogP contribution in [0.2, 0.25) is 0 Å². The number of ether oxygens (including phenoxy) is 1. The van der Waals surface area contributed by atoms with Crippen LogP contribution in [0.15, 0.2) is 9.41 Å². The Bertz CT molecular complexity index is 623. The van der Waals surface area contributed by atoms with Gasteiger partial charge >= 0.3 is 6.09 Å². The fourth-order valence-corrected chi connectivity index (χ4v) is 2.49. The number of hydrogen-bond donors (Lipinski definition) is 3. The lowest BCUT2D eigenvalue weighted by Gasteiger charge is -2.34. The average molecular weight is 382 g/mol. The second-order valence-corrected chi connectivity index (χ2v) is 7.64. The van der Waals surface area contributed by atoms with E-state index in [1.54, 1.807) is 7.05 Å². The van der Waals surface area contributed by atoms with E-state index >= 15 is 0 Å². The van der Waals surface area contributed by atoms with Crippen molar-refractivity contribution in [3.63, 3.8) is 0 Å². The summed E-state index contributed by atoms with van der Waals surface area (Å²) in [4.78, 5) is 20.8. The predicted molar refractivity (Wildman–Crippen MR) is 107 cm³/mol. The molecular formula is C19H35N5O3. The van der Waals surface area contributed by atoms with Crippen molar-refractivity contribution in [1.82, 2.24) is 20.9 Å². The van der Waals surface area contributed by atoms with Gasteiger partial charge in [-0.05, 0) is 47.5 Å². The number of aromatic nitrogens is 1. The van der Waals surface area contributed by atoms with Crippen LogP contribution in [0.25, 0.3) is 0 Å². The molecule has 8 nitrogen and oxygen atoms in total. The van der Waals surface area contributed by atoms with Gasteiger partial charge in [0.15, 0.2) is 5.96 Å². The summed E-state index contributed by atoms with van der Waals surface area (Å²) in [6, 6.07) is 0. The number of alkyl carbamates (subject to hydrolysis) is 1. The molecule has 0 aliphatic heterocycles. The molecular weight excluding hydrogens is 346 g/mol. The number of nitrogens with one attached hydrogen (secondary N) is 3. The summed E-state index contributed by atoms with van der Waals surface area (Å²) in [7, 11) is 1.70. The van der Waals surface area contributed by atoms with E-state index in [4.69, 9.17) is 9.15 Å². The molecule has 0 saturated heterocycles. The molecule has 0 radical (unpaired) electrons. The summed E-state index contributed by atoms with van der Waals surface area (Å²) in [6.07, 6.45) is 1.09. The Kier molecular flexibility index (Phi) is 8.12. The fraction of sp³-hybridized carbons (Fsp3) is 0.737. The first-order valence-corrected chi connectivity index (χ1v) is 9.42. The summed E-state index contributed by atoms with van der Waals surface area (Å²) in [5, 5.41) is 9.46. The third-order valence-electron chi connectivity index (χ3n) is 4.42. The smallest absolute Gasteiger partial charge is 0.408 e. The van der Waals surface area contributed by atoms with Gasteiger partial charge in [0, 0.05) is 13.6 Å². The number of oxazole rings is 1. The molecule has 0 spiro atoms. The number of aryl methyl sites for hydroxylation is 2. The van der Waals surface area contributed by atoms with E-state index in [2.05, 4.69) is 25.9 Å². The lowest BCUT2D eigenvalue weighted by molar-refractivity contribution is 0.0448. The maximum Gasteiger partial charge on any atom is 0.408 e. The van der Waals surface area contributed by atoms with Gasteiger partial charge in [-0.1, -0.05) is 13.8 Å². The molecule has 1 rings (SSSR count). The molecule has 1 aromatic heterocycles. The maximum atomic E-state index is 12.2. The second-order valence-electron chi connectivity index (χ2n) is 7.64. The molecule has 0 aliphatic carbocycles. The van der Waals surface area contributed by atoms with Crippen molar-refractivity contribution < 1.29 is 13.9 Å². The van der Waals surface area contributed by atoms with Crippen LogP contribution in [0.3, 0.4) is 0 Å². The van der Waals surface area contributed by atoms with E-state index in [1.165, 1.54) is 0 Å². The van der Waals surface area contributed by atoms with E-state index in [1.807, 2.05) is 48.5 Å². The number of rotatable bonds is 7. The van der Waals surface area contributed by atoms with Crippen LogP contribution in [-0.4, -0.2) is 41.8 Å². The van der Waals surface area contributed by atoms with Crippen molar-refractivity contribution >= 4 is 12.1 Å². The quantitative estimate of drug-likeness (QED) is 0.496. The Morgan fingerprint density at radius 2 is 1.81 bits per heavy atom. The van der Waals surface area contributed by atoms with Gasteiger partial charge < -0.3 is 25.1 Å². The largest absolute Gasteiger partial charge is 0.444 e. The van der Waals surface area contributed by atoms with Crippen molar-refractivity contribution in [2.45, 2.75) is 79.0 Å². The van der Waals surface area contributed by atoms with Crippen LogP contribution >= 0.6 is 0 Å². The Morgan fingerprint density at radius 1 is 1.19 bits per heavy atom. The zero-order chi connectivity index (χ0) is 20.7. The van der Waals surface area contributed by atoms with Crippen molar-refractivity contribution in [2.24, 2.45) is 4.99 Å². The molecule has 8 heteroatoms. The fourth-order valence-electron chi connectivity index (χ4n) is 2.49. The molecule has 0 aliphatic rings. The van der Waals surface area contributed by atoms with Crippen LogP contribution < -0.4 is 16.0 Å². The Hall–Kier alpha value is -2.25. The van der Waals surface area contributed by atoms with E-state index < -0.39 is 17.2 Å². The minimum absolute atomic E-state index is 0.415. The molecule has 0 fully saturated rings. The molecule has 0 atom stereocenters. The Morgan fingerprint density at radius 3 is 2.26 bits per heavy atom. The first-order chi connectivity index (χ1) is 12.5. The summed E-state index contributed by atoms with van der Waals surface area (Å²) < 4.78 is 11.0. The van der Waals surface area contributed by atoms with Gasteiger partial charge in [0.25, 0.3) is 0 Å². The summed E-state index contributed by atoms with van der Waals surface area (Å²) in [5.74, 6) is 2.03. The van der Waals surface area contributed by atoms with E-state index in [9.17, 15) is 4.79 Å². The van der Waals surface area contributed by atoms with E-state index in [0.717, 1.165) is 24.3 Å². The summed E-state index contributed by atoms with van der Waals surface area (Å²) in [6.45, 7) is 14.4. The van der Waals surface area contributed by atoms with Crippen LogP contribution in [0.1, 0.15) is 64.8 Å². The molecule has 0 unspecified atom stereocenters. The molecule has 0 bridgehead atoms. The number of carbonyl (C=O) groups is 1. The highest BCUT2D eigenvalue weighted by Crippen LogP contribution is 2.16. The number of guanidine groups is 1. The van der Waals surface area contributed by atoms with Gasteiger partial charge in [0.05, 0.1) is 17.8 Å². The minimum Gasteiger partial charge on any atom is -0.444 e. The first-order valence-electron chi connectivity index (χ1n) is 9.42. The highest BCUT2D eigenvalue weighted by molar-refractivity contribution is 5.79. The second kappa shape index (κ2) is 9.62. The molecule has 27 heavy (non-hydrogen) atoms. The number of carbonyl (C=O) groups excluding carboxylic acids is 1. The van der Waals surface area contributed by atoms with Gasteiger partial charge in [-0.25, -0.2) is 9.78 Å². The van der Waals surface area contributed by atoms with Crippen molar-refractivity contribution in [1.29, 1.82) is 0 Å². The topological polar surface area (TPSA) is 101 Å². The SMILES string of the molecule is CCC(CC)(CNC(=NC)NCc1nc(C)c(C)o1)NC(=O)OC(C)(C)C. The summed E-state index contributed by atoms with van der Waals surface area (Å²) >= 11 is 0. The maximum absolute atomic E-state index is 12.2. The lowest BCUT2D eigenvalue weighted by atomic mass is 9.93. The third-order valence-corrected chi connectivity index (χ3v) is 4.42. The van der Waals surface area contributed by atoms with Gasteiger partial charge in [-0.2, -0.15) is 0 Å². The third kappa shape index (κ3) is 7.48. The molecule has 0 saturated carbocycles. The van der Waals surface area contributed by atoms with Gasteiger partial charge in [0.2, 0.25) is 5.89 Å². The number of nitrogens with zero attached hydrogens (tertiary/aromatic N) is 2. The molecule has 3 N–H and O–H groups in total. The highest BCUT2D eigenvalue weighted by Gasteiger charge is 2.30. The van der Waals surface area contributed by atoms with Crippen LogP contribution in [0.5, 0.6) is 0 Å². The van der Waals surface area contributed by atoms with Crippen LogP contribution in [0, 0.1) is 13.8 Å². The predicted octanol–water partition coefficient (Wildman–Crippen LogP) is 3.04. The first kappa shape index (κ1) is 22.8. The molecule has 1 amide bonds. The van der Waals surface area contributed by atoms with Gasteiger partial charge in [0.1, 0.15) is 11.4 Å². The van der Waals surface area contributed by atoms with Crippen LogP contribution in [0.4, 0.5) is 4.79 Å². The Balaban J connectivity index is 2.65. The molecule has 1 heterocycles. The minimum atomic E-state index is -0.533. The van der Waals surface area contributed by atoms with Gasteiger partial charge in [-0.3, -0.25) is 4.99 Å². The average Bonchev–Trinajstić information content (AvgIpc) is 2.90. The number of amides is 1. The zero-order valence-electron chi connectivity index (χ0n) is 17.9. The van der Waals surface area contributed by atoms with Gasteiger partial charge in [-0.15, -0.1) is 0 Å². The van der Waals surface area contributed by atoms with Crippen LogP contribution in [-0.2, 0) is 11.3 Å². The Labute approximate surface area is 162 Å². The monoisotopic (exact) mass is 381 g/mol. The van der Waals surface area contributed by atoms with Crippen molar-refractivity contribution in [3.05, 3.63) is 17.3 Å². The number of hydrogen-bond acceptors (Lipinski definition) is 5. The molecule has 0 aromatic carbocycles. The normalized spacial score (nSPS) is 12.7. The number of aliphatic imine (C=N–C) groups is 1. The lowest BCUT2D eigenvalue weighted by Crippen LogP contribution is -2.57. The van der Waals surface area contributed by atoms with Crippen molar-refractivity contribution in [3.8, 4) is 0 Å². The molecule has 1 aromatic rings.